The van der Waals surface area contributed by atoms with Gasteiger partial charge >= 0.3 is 0 Å². The van der Waals surface area contributed by atoms with Crippen molar-refractivity contribution in [1.82, 2.24) is 4.98 Å². The molecule has 27 heavy (non-hydrogen) atoms. The number of hydrogen-bond acceptors (Lipinski definition) is 3. The number of pyridine rings is 1. The third kappa shape index (κ3) is 2.38. The van der Waals surface area contributed by atoms with E-state index in [1.807, 2.05) is 5.51 Å². The van der Waals surface area contributed by atoms with Crippen molar-refractivity contribution >= 4 is 54.7 Å². The Morgan fingerprint density at radius 3 is 2.56 bits per heavy atom. The molecule has 0 atom stereocenters. The highest BCUT2D eigenvalue weighted by Gasteiger charge is 2.33. The van der Waals surface area contributed by atoms with Crippen LogP contribution < -0.4 is 26.4 Å². The summed E-state index contributed by atoms with van der Waals surface area (Å²) in [5.41, 5.74) is 5.55. The van der Waals surface area contributed by atoms with Crippen molar-refractivity contribution in [3.63, 3.8) is 0 Å². The van der Waals surface area contributed by atoms with Crippen molar-refractivity contribution in [2.24, 2.45) is 0 Å². The maximum atomic E-state index is 4.42. The fourth-order valence-electron chi connectivity index (χ4n) is 4.20. The average molecular weight is 434 g/mol. The molecule has 2 aromatic heterocycles. The lowest BCUT2D eigenvalue weighted by Gasteiger charge is -2.13. The number of thiazole rings is 1. The molecule has 0 radical (unpaired) electrons. The summed E-state index contributed by atoms with van der Waals surface area (Å²) in [6.45, 7) is 1.99. The van der Waals surface area contributed by atoms with Crippen molar-refractivity contribution in [2.75, 3.05) is 11.4 Å². The highest BCUT2D eigenvalue weighted by atomic mass is 79.9. The largest absolute Gasteiger partial charge is 1.00 e. The van der Waals surface area contributed by atoms with Gasteiger partial charge in [-0.2, -0.15) is 0 Å². The first kappa shape index (κ1) is 16.7. The molecule has 3 aromatic carbocycles. The number of nitrogens with zero attached hydrogens (tertiary/aromatic N) is 3. The summed E-state index contributed by atoms with van der Waals surface area (Å²) in [4.78, 5) is 6.87. The molecule has 0 spiro atoms. The second-order valence-electron chi connectivity index (χ2n) is 6.69. The Labute approximate surface area is 171 Å². The minimum absolute atomic E-state index is 0. The topological polar surface area (TPSA) is 20.0 Å². The van der Waals surface area contributed by atoms with Crippen LogP contribution in [0.3, 0.4) is 0 Å². The fraction of sp³-hybridized carbons (Fsp3) is 0.0909. The van der Waals surface area contributed by atoms with Gasteiger partial charge in [0.1, 0.15) is 24.3 Å². The zero-order chi connectivity index (χ0) is 17.1. The molecule has 1 aliphatic heterocycles. The number of hydrogen-bond donors (Lipinski definition) is 0. The lowest BCUT2D eigenvalue weighted by Crippen LogP contribution is -3.00. The highest BCUT2D eigenvalue weighted by molar-refractivity contribution is 7.16. The molecule has 0 unspecified atom stereocenters. The van der Waals surface area contributed by atoms with Crippen LogP contribution in [0.1, 0.15) is 0 Å². The normalized spacial score (nSPS) is 13.3. The highest BCUT2D eigenvalue weighted by Crippen LogP contribution is 2.37. The second-order valence-corrected chi connectivity index (χ2v) is 7.58. The Hall–Kier alpha value is -2.50. The van der Waals surface area contributed by atoms with Crippen LogP contribution >= 0.6 is 11.3 Å². The SMILES string of the molecule is [Br-].c1ccc2c(c1)c1[n+](c3ccccc23)CCN1c1ccc2ncsc2c1. The van der Waals surface area contributed by atoms with Crippen LogP contribution in [0, 0.1) is 0 Å². The number of benzene rings is 3. The standard InChI is InChI=1S/C22H16N3S.BrH/c1-2-7-18-16(5-1)17-6-3-4-8-20(17)25-12-11-24(22(18)25)15-9-10-19-21(13-15)26-14-23-19;/h1-10,13-14H,11-12H2;1H/q+1;/p-1. The van der Waals surface area contributed by atoms with Gasteiger partial charge < -0.3 is 17.0 Å². The number of halogens is 1. The Morgan fingerprint density at radius 1 is 0.889 bits per heavy atom. The predicted molar refractivity (Wildman–Crippen MR) is 108 cm³/mol. The van der Waals surface area contributed by atoms with Crippen molar-refractivity contribution < 1.29 is 21.5 Å². The van der Waals surface area contributed by atoms with Gasteiger partial charge in [-0.15, -0.1) is 11.3 Å². The van der Waals surface area contributed by atoms with Crippen LogP contribution in [0.2, 0.25) is 0 Å². The van der Waals surface area contributed by atoms with Crippen molar-refractivity contribution in [3.05, 3.63) is 72.2 Å². The zero-order valence-corrected chi connectivity index (χ0v) is 16.9. The number of fused-ring (bicyclic) bond motifs is 7. The summed E-state index contributed by atoms with van der Waals surface area (Å²) in [5, 5.41) is 3.96. The van der Waals surface area contributed by atoms with Crippen LogP contribution in [0.15, 0.2) is 72.2 Å². The van der Waals surface area contributed by atoms with Crippen molar-refractivity contribution in [2.45, 2.75) is 6.54 Å². The van der Waals surface area contributed by atoms with E-state index < -0.39 is 0 Å². The van der Waals surface area contributed by atoms with Gasteiger partial charge in [-0.25, -0.2) is 14.5 Å². The zero-order valence-electron chi connectivity index (χ0n) is 14.5. The smallest absolute Gasteiger partial charge is 0.290 e. The van der Waals surface area contributed by atoms with E-state index in [2.05, 4.69) is 81.2 Å². The number of rotatable bonds is 1. The van der Waals surface area contributed by atoms with Crippen molar-refractivity contribution in [1.29, 1.82) is 0 Å². The average Bonchev–Trinajstić information content (AvgIpc) is 3.35. The Morgan fingerprint density at radius 2 is 1.67 bits per heavy atom. The molecule has 0 saturated carbocycles. The molecule has 3 heterocycles. The van der Waals surface area contributed by atoms with E-state index >= 15 is 0 Å². The predicted octanol–water partition coefficient (Wildman–Crippen LogP) is 2.05. The third-order valence-corrected chi connectivity index (χ3v) is 6.13. The van der Waals surface area contributed by atoms with E-state index in [1.165, 1.54) is 37.9 Å². The molecule has 0 fully saturated rings. The molecule has 1 aliphatic rings. The van der Waals surface area contributed by atoms with Gasteiger partial charge in [0.05, 0.1) is 21.1 Å². The molecular formula is C22H16BrN3S. The summed E-state index contributed by atoms with van der Waals surface area (Å²) in [5.74, 6) is 1.29. The van der Waals surface area contributed by atoms with Gasteiger partial charge in [0.2, 0.25) is 0 Å². The van der Waals surface area contributed by atoms with E-state index in [1.54, 1.807) is 11.3 Å². The minimum atomic E-state index is 0. The molecule has 5 heteroatoms. The number of para-hydroxylation sites is 1. The maximum absolute atomic E-state index is 4.42. The first-order valence-electron chi connectivity index (χ1n) is 8.84. The quantitative estimate of drug-likeness (QED) is 0.297. The molecule has 0 bridgehead atoms. The Balaban J connectivity index is 0.00000160. The third-order valence-electron chi connectivity index (χ3n) is 5.34. The molecule has 0 aliphatic carbocycles. The first-order valence-corrected chi connectivity index (χ1v) is 9.72. The maximum Gasteiger partial charge on any atom is 0.290 e. The van der Waals surface area contributed by atoms with Crippen LogP contribution in [0.25, 0.3) is 31.9 Å². The van der Waals surface area contributed by atoms with Crippen LogP contribution in [0.4, 0.5) is 11.5 Å². The molecule has 6 rings (SSSR count). The molecule has 0 amide bonds. The summed E-state index contributed by atoms with van der Waals surface area (Å²) in [6.07, 6.45) is 0. The fourth-order valence-corrected chi connectivity index (χ4v) is 4.91. The molecular weight excluding hydrogens is 418 g/mol. The van der Waals surface area contributed by atoms with Crippen LogP contribution in [-0.4, -0.2) is 11.5 Å². The summed E-state index contributed by atoms with van der Waals surface area (Å²) in [6, 6.07) is 24.1. The summed E-state index contributed by atoms with van der Waals surface area (Å²) in [7, 11) is 0. The van der Waals surface area contributed by atoms with Crippen LogP contribution in [-0.2, 0) is 6.54 Å². The van der Waals surface area contributed by atoms with E-state index in [0.717, 1.165) is 18.6 Å². The lowest BCUT2D eigenvalue weighted by atomic mass is 10.1. The monoisotopic (exact) mass is 433 g/mol. The van der Waals surface area contributed by atoms with Gasteiger partial charge in [0.15, 0.2) is 0 Å². The van der Waals surface area contributed by atoms with Gasteiger partial charge in [0.25, 0.3) is 5.82 Å². The Kier molecular flexibility index (Phi) is 3.88. The van der Waals surface area contributed by atoms with Gasteiger partial charge in [-0.05, 0) is 24.3 Å². The van der Waals surface area contributed by atoms with E-state index in [-0.39, 0.29) is 17.0 Å². The molecule has 3 nitrogen and oxygen atoms in total. The number of aromatic nitrogens is 2. The van der Waals surface area contributed by atoms with Gasteiger partial charge in [-0.1, -0.05) is 36.4 Å². The molecule has 132 valence electrons. The van der Waals surface area contributed by atoms with E-state index in [9.17, 15) is 0 Å². The van der Waals surface area contributed by atoms with Gasteiger partial charge in [0, 0.05) is 16.8 Å². The molecule has 5 aromatic rings. The Bertz CT molecular complexity index is 1310. The summed E-state index contributed by atoms with van der Waals surface area (Å²) < 4.78 is 3.71. The minimum Gasteiger partial charge on any atom is -1.00 e. The molecule has 0 N–H and O–H groups in total. The van der Waals surface area contributed by atoms with Gasteiger partial charge in [-0.3, -0.25) is 0 Å². The van der Waals surface area contributed by atoms with Crippen LogP contribution in [0.5, 0.6) is 0 Å². The lowest BCUT2D eigenvalue weighted by molar-refractivity contribution is -0.643. The van der Waals surface area contributed by atoms with E-state index in [4.69, 9.17) is 0 Å². The number of anilines is 2. The summed E-state index contributed by atoms with van der Waals surface area (Å²) >= 11 is 1.70. The van der Waals surface area contributed by atoms with E-state index in [0.29, 0.717) is 0 Å². The van der Waals surface area contributed by atoms with Crippen molar-refractivity contribution in [3.8, 4) is 0 Å². The second kappa shape index (κ2) is 6.29. The first-order chi connectivity index (χ1) is 12.9. The molecule has 0 saturated heterocycles.